The fraction of sp³-hybridized carbons (Fsp3) is 0.400. The second kappa shape index (κ2) is 3.42. The van der Waals surface area contributed by atoms with Crippen molar-refractivity contribution in [3.05, 3.63) is 30.3 Å². The third kappa shape index (κ3) is 1.45. The van der Waals surface area contributed by atoms with Crippen molar-refractivity contribution in [3.8, 4) is 0 Å². The summed E-state index contributed by atoms with van der Waals surface area (Å²) in [6.07, 6.45) is 1.48. The van der Waals surface area contributed by atoms with Gasteiger partial charge in [-0.05, 0) is 25.0 Å². The van der Waals surface area contributed by atoms with E-state index < -0.39 is 17.8 Å². The van der Waals surface area contributed by atoms with Gasteiger partial charge < -0.3 is 0 Å². The fourth-order valence-corrected chi connectivity index (χ4v) is 8.17. The van der Waals surface area contributed by atoms with E-state index in [0.717, 1.165) is 12.8 Å². The zero-order chi connectivity index (χ0) is 11.0. The molecule has 1 aliphatic heterocycles. The smallest absolute Gasteiger partial charge is 0.202 e. The Hall–Kier alpha value is -0.680. The fourth-order valence-electron chi connectivity index (χ4n) is 2.10. The van der Waals surface area contributed by atoms with Gasteiger partial charge in [0.15, 0.2) is 0 Å². The predicted molar refractivity (Wildman–Crippen MR) is 62.1 cm³/mol. The lowest BCUT2D eigenvalue weighted by Gasteiger charge is -2.31. The minimum Gasteiger partial charge on any atom is -0.264 e. The summed E-state index contributed by atoms with van der Waals surface area (Å²) in [6, 6.07) is 8.63. The Morgan fingerprint density at radius 2 is 1.53 bits per heavy atom. The molecule has 0 atom stereocenters. The van der Waals surface area contributed by atoms with Crippen LogP contribution in [0.3, 0.4) is 0 Å². The number of rotatable bonds is 2. The summed E-state index contributed by atoms with van der Waals surface area (Å²) < 4.78 is 35.7. The highest BCUT2D eigenvalue weighted by molar-refractivity contribution is 8.74. The van der Waals surface area contributed by atoms with Crippen LogP contribution in [-0.4, -0.2) is 24.1 Å². The van der Waals surface area contributed by atoms with Crippen LogP contribution in [0.1, 0.15) is 12.8 Å². The first-order valence-electron chi connectivity index (χ1n) is 4.91. The van der Waals surface area contributed by atoms with Crippen LogP contribution in [0.5, 0.6) is 0 Å². The Labute approximate surface area is 90.3 Å². The highest BCUT2D eigenvalue weighted by Crippen LogP contribution is 2.42. The summed E-state index contributed by atoms with van der Waals surface area (Å²) in [7, 11) is -6.48. The molecule has 0 spiro atoms. The molecule has 0 amide bonds. The maximum Gasteiger partial charge on any atom is 0.202 e. The lowest BCUT2D eigenvalue weighted by atomic mass is 10.4. The van der Waals surface area contributed by atoms with Crippen LogP contribution in [0.25, 0.3) is 0 Å². The van der Waals surface area contributed by atoms with Gasteiger partial charge in [0.05, 0.1) is 0 Å². The quantitative estimate of drug-likeness (QED) is 0.630. The van der Waals surface area contributed by atoms with Gasteiger partial charge in [0.2, 0.25) is 9.74 Å². The Balaban J connectivity index is 2.70. The van der Waals surface area contributed by atoms with Crippen molar-refractivity contribution in [3.63, 3.8) is 0 Å². The first-order chi connectivity index (χ1) is 7.07. The lowest BCUT2D eigenvalue weighted by Crippen LogP contribution is -2.36. The minimum atomic E-state index is -3.59. The highest BCUT2D eigenvalue weighted by atomic mass is 33.2. The Bertz CT molecular complexity index is 485. The van der Waals surface area contributed by atoms with Crippen molar-refractivity contribution in [2.45, 2.75) is 17.7 Å². The molecule has 1 fully saturated rings. The third-order valence-electron chi connectivity index (χ3n) is 3.01. The number of benzene rings is 1. The van der Waals surface area contributed by atoms with Crippen LogP contribution in [0, 0.1) is 0 Å². The zero-order valence-corrected chi connectivity index (χ0v) is 10.0. The van der Waals surface area contributed by atoms with Gasteiger partial charge in [-0.25, -0.2) is 8.42 Å². The maximum atomic E-state index is 12.9. The van der Waals surface area contributed by atoms with Crippen LogP contribution in [-0.2, 0) is 17.8 Å². The summed E-state index contributed by atoms with van der Waals surface area (Å²) in [6.45, 7) is 0. The van der Waals surface area contributed by atoms with E-state index in [4.69, 9.17) is 0 Å². The molecule has 2 rings (SSSR count). The zero-order valence-electron chi connectivity index (χ0n) is 8.30. The monoisotopic (exact) mass is 246 g/mol. The molecule has 1 saturated heterocycles. The maximum absolute atomic E-state index is 12.9. The molecule has 1 aliphatic rings. The van der Waals surface area contributed by atoms with Gasteiger partial charge in [-0.15, -0.1) is 0 Å². The van der Waals surface area contributed by atoms with Crippen molar-refractivity contribution >= 4 is 17.8 Å². The first kappa shape index (κ1) is 10.8. The summed E-state index contributed by atoms with van der Waals surface area (Å²) in [5, 5.41) is 0. The van der Waals surface area contributed by atoms with E-state index >= 15 is 0 Å². The molecule has 0 aromatic heterocycles. The topological polar surface area (TPSA) is 51.2 Å². The molecule has 0 bridgehead atoms. The van der Waals surface area contributed by atoms with Crippen LogP contribution < -0.4 is 0 Å². The van der Waals surface area contributed by atoms with E-state index in [1.807, 2.05) is 0 Å². The van der Waals surface area contributed by atoms with E-state index in [9.17, 15) is 12.6 Å². The van der Waals surface area contributed by atoms with Crippen LogP contribution in [0.15, 0.2) is 35.2 Å². The Morgan fingerprint density at radius 1 is 1.00 bits per heavy atom. The van der Waals surface area contributed by atoms with Gasteiger partial charge in [0.25, 0.3) is 0 Å². The van der Waals surface area contributed by atoms with Crippen LogP contribution in [0.4, 0.5) is 0 Å². The van der Waals surface area contributed by atoms with Gasteiger partial charge in [-0.2, -0.15) is 0 Å². The SMILES string of the molecule is O=[SH](=O)S1(=O)(c2ccccc2)CCCC1. The molecule has 0 unspecified atom stereocenters. The molecule has 84 valence electrons. The molecule has 1 aromatic carbocycles. The second-order valence-electron chi connectivity index (χ2n) is 3.89. The molecule has 1 aromatic rings. The van der Waals surface area contributed by atoms with Crippen molar-refractivity contribution in [1.82, 2.24) is 0 Å². The van der Waals surface area contributed by atoms with E-state index in [1.54, 1.807) is 30.3 Å². The summed E-state index contributed by atoms with van der Waals surface area (Å²) >= 11 is 0. The standard InChI is InChI=1S/C10H14O3S2/c11-14(12)15(13,8-4-5-9-15)10-6-2-1-3-7-10/h1-3,6-7,14H,4-5,8-9H2. The Kier molecular flexibility index (Phi) is 2.47. The van der Waals surface area contributed by atoms with Crippen molar-refractivity contribution in [1.29, 1.82) is 0 Å². The molecule has 0 saturated carbocycles. The molecular weight excluding hydrogens is 232 g/mol. The van der Waals surface area contributed by atoms with Crippen LogP contribution >= 0.6 is 0 Å². The summed E-state index contributed by atoms with van der Waals surface area (Å²) in [4.78, 5) is 0.503. The molecule has 1 heterocycles. The molecule has 0 N–H and O–H groups in total. The molecule has 15 heavy (non-hydrogen) atoms. The molecule has 5 heteroatoms. The van der Waals surface area contributed by atoms with Crippen molar-refractivity contribution in [2.75, 3.05) is 11.5 Å². The average molecular weight is 246 g/mol. The Morgan fingerprint density at radius 3 is 2.00 bits per heavy atom. The van der Waals surface area contributed by atoms with Gasteiger partial charge in [-0.3, -0.25) is 4.21 Å². The molecular formula is C10H14O3S2. The minimum absolute atomic E-state index is 0.305. The van der Waals surface area contributed by atoms with Crippen LogP contribution in [0.2, 0.25) is 0 Å². The number of hydrogen-bond donors (Lipinski definition) is 1. The molecule has 0 aliphatic carbocycles. The number of thiol groups is 1. The van der Waals surface area contributed by atoms with E-state index in [0.29, 0.717) is 16.4 Å². The predicted octanol–water partition coefficient (Wildman–Crippen LogP) is 1.19. The first-order valence-corrected chi connectivity index (χ1v) is 8.99. The largest absolute Gasteiger partial charge is 0.264 e. The van der Waals surface area contributed by atoms with Gasteiger partial charge in [0, 0.05) is 24.5 Å². The van der Waals surface area contributed by atoms with E-state index in [2.05, 4.69) is 0 Å². The summed E-state index contributed by atoms with van der Waals surface area (Å²) in [5.74, 6) is 0.611. The third-order valence-corrected chi connectivity index (χ3v) is 11.1. The molecule has 3 nitrogen and oxygen atoms in total. The lowest BCUT2D eigenvalue weighted by molar-refractivity contribution is 0.617. The summed E-state index contributed by atoms with van der Waals surface area (Å²) in [5.41, 5.74) is 0. The normalized spacial score (nSPS) is 25.8. The average Bonchev–Trinajstić information content (AvgIpc) is 2.66. The van der Waals surface area contributed by atoms with E-state index in [-0.39, 0.29) is 0 Å². The van der Waals surface area contributed by atoms with Gasteiger partial charge in [-0.1, -0.05) is 18.2 Å². The highest BCUT2D eigenvalue weighted by Gasteiger charge is 2.45. The number of hydrogen-bond acceptors (Lipinski definition) is 3. The van der Waals surface area contributed by atoms with E-state index in [1.165, 1.54) is 0 Å². The van der Waals surface area contributed by atoms with Gasteiger partial charge >= 0.3 is 0 Å². The second-order valence-corrected chi connectivity index (χ2v) is 11.5. The molecule has 0 radical (unpaired) electrons. The van der Waals surface area contributed by atoms with Gasteiger partial charge in [0.1, 0.15) is 0 Å². The van der Waals surface area contributed by atoms with Crippen molar-refractivity contribution in [2.24, 2.45) is 0 Å². The van der Waals surface area contributed by atoms with Crippen molar-refractivity contribution < 1.29 is 12.6 Å².